The first-order valence-electron chi connectivity index (χ1n) is 8.88. The lowest BCUT2D eigenvalue weighted by atomic mass is 10.1. The Balaban J connectivity index is 1.65. The van der Waals surface area contributed by atoms with Crippen molar-refractivity contribution in [1.82, 2.24) is 5.32 Å². The number of amides is 3. The third-order valence-electron chi connectivity index (χ3n) is 4.66. The Bertz CT molecular complexity index is 840. The highest BCUT2D eigenvalue weighted by atomic mass is 16.2. The van der Waals surface area contributed by atoms with Gasteiger partial charge in [0.2, 0.25) is 5.91 Å². The Morgan fingerprint density at radius 1 is 1.00 bits per heavy atom. The molecule has 3 amide bonds. The number of aryl methyl sites for hydroxylation is 4. The van der Waals surface area contributed by atoms with E-state index in [2.05, 4.69) is 16.7 Å². The summed E-state index contributed by atoms with van der Waals surface area (Å²) in [6.07, 6.45) is 0.603. The van der Waals surface area contributed by atoms with Crippen molar-refractivity contribution in [3.63, 3.8) is 0 Å². The fraction of sp³-hybridized carbons (Fsp3) is 0.333. The van der Waals surface area contributed by atoms with Gasteiger partial charge in [0, 0.05) is 17.9 Å². The number of urea groups is 1. The molecule has 1 aliphatic heterocycles. The van der Waals surface area contributed by atoms with Crippen LogP contribution in [0, 0.1) is 27.7 Å². The second-order valence-electron chi connectivity index (χ2n) is 7.09. The number of nitrogens with one attached hydrogen (secondary N) is 2. The van der Waals surface area contributed by atoms with Crippen LogP contribution in [0.1, 0.15) is 28.7 Å². The van der Waals surface area contributed by atoms with Crippen molar-refractivity contribution in [2.75, 3.05) is 16.8 Å². The van der Waals surface area contributed by atoms with Crippen LogP contribution in [0.4, 0.5) is 16.2 Å². The van der Waals surface area contributed by atoms with Crippen LogP contribution in [0.5, 0.6) is 0 Å². The van der Waals surface area contributed by atoms with E-state index in [4.69, 9.17) is 0 Å². The van der Waals surface area contributed by atoms with Gasteiger partial charge in [-0.3, -0.25) is 4.79 Å². The standard InChI is InChI=1S/C21H25N3O2/c1-13-5-6-18(16(4)10-13)22-21(26)23-19-7-8-24(20(19)25)17-11-14(2)9-15(3)12-17/h5-6,9-12,19H,7-8H2,1-4H3,(H2,22,23,26)/t19-/m1/s1. The number of benzene rings is 2. The minimum Gasteiger partial charge on any atom is -0.326 e. The van der Waals surface area contributed by atoms with Crippen LogP contribution in [-0.4, -0.2) is 24.5 Å². The van der Waals surface area contributed by atoms with E-state index in [0.29, 0.717) is 13.0 Å². The minimum atomic E-state index is -0.499. The van der Waals surface area contributed by atoms with Gasteiger partial charge in [-0.05, 0) is 69.0 Å². The fourth-order valence-electron chi connectivity index (χ4n) is 3.45. The van der Waals surface area contributed by atoms with Gasteiger partial charge in [0.15, 0.2) is 0 Å². The molecule has 136 valence electrons. The summed E-state index contributed by atoms with van der Waals surface area (Å²) in [6, 6.07) is 11.1. The lowest BCUT2D eigenvalue weighted by Gasteiger charge is -2.19. The topological polar surface area (TPSA) is 61.4 Å². The molecule has 5 nitrogen and oxygen atoms in total. The quantitative estimate of drug-likeness (QED) is 0.882. The smallest absolute Gasteiger partial charge is 0.319 e. The van der Waals surface area contributed by atoms with Gasteiger partial charge in [-0.1, -0.05) is 23.8 Å². The third kappa shape index (κ3) is 3.87. The highest BCUT2D eigenvalue weighted by Gasteiger charge is 2.33. The van der Waals surface area contributed by atoms with Crippen molar-refractivity contribution in [3.8, 4) is 0 Å². The largest absolute Gasteiger partial charge is 0.326 e. The molecule has 0 aromatic heterocycles. The molecule has 0 bridgehead atoms. The zero-order valence-electron chi connectivity index (χ0n) is 15.7. The second kappa shape index (κ2) is 7.20. The Morgan fingerprint density at radius 3 is 2.35 bits per heavy atom. The summed E-state index contributed by atoms with van der Waals surface area (Å²) in [4.78, 5) is 26.8. The van der Waals surface area contributed by atoms with E-state index in [9.17, 15) is 9.59 Å². The van der Waals surface area contributed by atoms with E-state index in [-0.39, 0.29) is 11.9 Å². The van der Waals surface area contributed by atoms with Gasteiger partial charge in [-0.15, -0.1) is 0 Å². The van der Waals surface area contributed by atoms with Crippen LogP contribution >= 0.6 is 0 Å². The maximum Gasteiger partial charge on any atom is 0.319 e. The van der Waals surface area contributed by atoms with Crippen LogP contribution in [0.15, 0.2) is 36.4 Å². The molecule has 0 radical (unpaired) electrons. The number of carbonyl (C=O) groups is 2. The summed E-state index contributed by atoms with van der Waals surface area (Å²) in [5, 5.41) is 5.64. The fourth-order valence-corrected chi connectivity index (χ4v) is 3.45. The Labute approximate surface area is 154 Å². The first kappa shape index (κ1) is 18.0. The molecule has 0 unspecified atom stereocenters. The van der Waals surface area contributed by atoms with Gasteiger partial charge in [-0.25, -0.2) is 4.79 Å². The SMILES string of the molecule is Cc1cc(C)cc(N2CC[C@@H](NC(=O)Nc3ccc(C)cc3C)C2=O)c1. The van der Waals surface area contributed by atoms with Gasteiger partial charge in [-0.2, -0.15) is 0 Å². The lowest BCUT2D eigenvalue weighted by Crippen LogP contribution is -2.43. The van der Waals surface area contributed by atoms with Crippen LogP contribution in [0.3, 0.4) is 0 Å². The van der Waals surface area contributed by atoms with Gasteiger partial charge in [0.25, 0.3) is 0 Å². The lowest BCUT2D eigenvalue weighted by molar-refractivity contribution is -0.118. The molecule has 1 atom stereocenters. The summed E-state index contributed by atoms with van der Waals surface area (Å²) >= 11 is 0. The Hall–Kier alpha value is -2.82. The molecule has 2 aromatic carbocycles. The third-order valence-corrected chi connectivity index (χ3v) is 4.66. The van der Waals surface area contributed by atoms with Crippen molar-refractivity contribution in [2.45, 2.75) is 40.2 Å². The van der Waals surface area contributed by atoms with Crippen LogP contribution < -0.4 is 15.5 Å². The number of nitrogens with zero attached hydrogens (tertiary/aromatic N) is 1. The molecular formula is C21H25N3O2. The van der Waals surface area contributed by atoms with E-state index in [1.165, 1.54) is 0 Å². The molecule has 5 heteroatoms. The highest BCUT2D eigenvalue weighted by Crippen LogP contribution is 2.24. The summed E-state index contributed by atoms with van der Waals surface area (Å²) < 4.78 is 0. The predicted molar refractivity (Wildman–Crippen MR) is 105 cm³/mol. The monoisotopic (exact) mass is 351 g/mol. The maximum absolute atomic E-state index is 12.7. The number of carbonyl (C=O) groups excluding carboxylic acids is 2. The van der Waals surface area contributed by atoms with Crippen molar-refractivity contribution >= 4 is 23.3 Å². The Kier molecular flexibility index (Phi) is 4.98. The molecule has 3 rings (SSSR count). The van der Waals surface area contributed by atoms with Gasteiger partial charge >= 0.3 is 6.03 Å². The first-order valence-corrected chi connectivity index (χ1v) is 8.88. The summed E-state index contributed by atoms with van der Waals surface area (Å²) in [5.41, 5.74) is 6.03. The first-order chi connectivity index (χ1) is 12.3. The van der Waals surface area contributed by atoms with Gasteiger partial charge < -0.3 is 15.5 Å². The Morgan fingerprint density at radius 2 is 1.69 bits per heavy atom. The number of hydrogen-bond donors (Lipinski definition) is 2. The minimum absolute atomic E-state index is 0.0641. The van der Waals surface area contributed by atoms with Crippen LogP contribution in [-0.2, 0) is 4.79 Å². The molecule has 0 saturated carbocycles. The van der Waals surface area contributed by atoms with Crippen molar-refractivity contribution in [1.29, 1.82) is 0 Å². The van der Waals surface area contributed by atoms with E-state index in [0.717, 1.165) is 33.6 Å². The van der Waals surface area contributed by atoms with E-state index >= 15 is 0 Å². The summed E-state index contributed by atoms with van der Waals surface area (Å²) in [6.45, 7) is 8.60. The molecular weight excluding hydrogens is 326 g/mol. The molecule has 2 N–H and O–H groups in total. The van der Waals surface area contributed by atoms with Crippen LogP contribution in [0.2, 0.25) is 0 Å². The molecule has 26 heavy (non-hydrogen) atoms. The maximum atomic E-state index is 12.7. The summed E-state index contributed by atoms with van der Waals surface area (Å²) in [7, 11) is 0. The van der Waals surface area contributed by atoms with Crippen LogP contribution in [0.25, 0.3) is 0 Å². The number of hydrogen-bond acceptors (Lipinski definition) is 2. The molecule has 1 fully saturated rings. The normalized spacial score (nSPS) is 16.7. The predicted octanol–water partition coefficient (Wildman–Crippen LogP) is 3.85. The van der Waals surface area contributed by atoms with Crippen molar-refractivity contribution in [2.24, 2.45) is 0 Å². The van der Waals surface area contributed by atoms with Crippen molar-refractivity contribution in [3.05, 3.63) is 58.7 Å². The number of rotatable bonds is 3. The molecule has 2 aromatic rings. The number of anilines is 2. The van der Waals surface area contributed by atoms with Gasteiger partial charge in [0.1, 0.15) is 6.04 Å². The van der Waals surface area contributed by atoms with E-state index in [1.54, 1.807) is 4.90 Å². The molecule has 1 heterocycles. The molecule has 0 spiro atoms. The average Bonchev–Trinajstić information content (AvgIpc) is 2.90. The van der Waals surface area contributed by atoms with E-state index < -0.39 is 6.04 Å². The average molecular weight is 351 g/mol. The molecule has 0 aliphatic carbocycles. The summed E-state index contributed by atoms with van der Waals surface area (Å²) in [5.74, 6) is -0.0641. The zero-order valence-corrected chi connectivity index (χ0v) is 15.7. The van der Waals surface area contributed by atoms with E-state index in [1.807, 2.05) is 58.0 Å². The zero-order chi connectivity index (χ0) is 18.8. The highest BCUT2D eigenvalue weighted by molar-refractivity contribution is 6.02. The second-order valence-corrected chi connectivity index (χ2v) is 7.09. The molecule has 1 aliphatic rings. The van der Waals surface area contributed by atoms with Gasteiger partial charge in [0.05, 0.1) is 0 Å². The molecule has 1 saturated heterocycles. The van der Waals surface area contributed by atoms with Crippen molar-refractivity contribution < 1.29 is 9.59 Å².